The van der Waals surface area contributed by atoms with Crippen molar-refractivity contribution in [1.82, 2.24) is 15.5 Å². The van der Waals surface area contributed by atoms with E-state index in [1.165, 1.54) is 0 Å². The number of carbonyl (C=O) groups excluding carboxylic acids is 1. The van der Waals surface area contributed by atoms with Gasteiger partial charge >= 0.3 is 12.0 Å². The highest BCUT2D eigenvalue weighted by atomic mass is 16.4. The number of rotatable bonds is 8. The molecule has 1 atom stereocenters. The molecule has 0 aromatic rings. The zero-order valence-corrected chi connectivity index (χ0v) is 10.3. The maximum atomic E-state index is 11.3. The highest BCUT2D eigenvalue weighted by Gasteiger charge is 2.18. The van der Waals surface area contributed by atoms with E-state index in [1.807, 2.05) is 18.9 Å². The topological polar surface area (TPSA) is 102 Å². The zero-order chi connectivity index (χ0) is 13.3. The van der Waals surface area contributed by atoms with E-state index in [0.717, 1.165) is 6.54 Å². The fourth-order valence-corrected chi connectivity index (χ4v) is 1.11. The van der Waals surface area contributed by atoms with Crippen molar-refractivity contribution in [3.05, 3.63) is 0 Å². The van der Waals surface area contributed by atoms with Crippen LogP contribution >= 0.6 is 0 Å². The molecule has 0 aliphatic rings. The van der Waals surface area contributed by atoms with Gasteiger partial charge in [-0.3, -0.25) is 0 Å². The molecule has 100 valence electrons. The highest BCUT2D eigenvalue weighted by Crippen LogP contribution is 1.90. The minimum absolute atomic E-state index is 0.00236. The number of hydrogen-bond acceptors (Lipinski definition) is 4. The molecule has 0 unspecified atom stereocenters. The van der Waals surface area contributed by atoms with E-state index in [4.69, 9.17) is 10.2 Å². The van der Waals surface area contributed by atoms with Gasteiger partial charge in [0, 0.05) is 26.1 Å². The second kappa shape index (κ2) is 8.77. The van der Waals surface area contributed by atoms with Crippen LogP contribution in [0.25, 0.3) is 0 Å². The summed E-state index contributed by atoms with van der Waals surface area (Å²) in [5, 5.41) is 22.2. The molecule has 7 nitrogen and oxygen atoms in total. The lowest BCUT2D eigenvalue weighted by Crippen LogP contribution is -2.47. The summed E-state index contributed by atoms with van der Waals surface area (Å²) >= 11 is 0. The number of carboxylic acid groups (broad SMARTS) is 1. The van der Waals surface area contributed by atoms with Gasteiger partial charge in [0.15, 0.2) is 0 Å². The molecule has 4 N–H and O–H groups in total. The Morgan fingerprint density at radius 1 is 1.41 bits per heavy atom. The van der Waals surface area contributed by atoms with Crippen LogP contribution in [0.2, 0.25) is 0 Å². The summed E-state index contributed by atoms with van der Waals surface area (Å²) in [7, 11) is 1.92. The minimum atomic E-state index is -1.15. The Kier molecular flexibility index (Phi) is 8.08. The van der Waals surface area contributed by atoms with E-state index in [-0.39, 0.29) is 13.0 Å². The molecular formula is C10H21N3O4. The van der Waals surface area contributed by atoms with Gasteiger partial charge in [0.25, 0.3) is 0 Å². The Morgan fingerprint density at radius 2 is 2.06 bits per heavy atom. The Labute approximate surface area is 101 Å². The van der Waals surface area contributed by atoms with E-state index in [2.05, 4.69) is 10.6 Å². The number of amides is 2. The molecule has 0 bridgehead atoms. The summed E-state index contributed by atoms with van der Waals surface area (Å²) in [4.78, 5) is 24.0. The van der Waals surface area contributed by atoms with E-state index < -0.39 is 18.0 Å². The number of aliphatic carboxylic acids is 1. The molecule has 0 radical (unpaired) electrons. The third-order valence-corrected chi connectivity index (χ3v) is 2.34. The smallest absolute Gasteiger partial charge is 0.326 e. The lowest BCUT2D eigenvalue weighted by molar-refractivity contribution is -0.139. The fraction of sp³-hybridized carbons (Fsp3) is 0.800. The first kappa shape index (κ1) is 15.7. The molecule has 7 heteroatoms. The van der Waals surface area contributed by atoms with Crippen molar-refractivity contribution >= 4 is 12.0 Å². The number of carboxylic acids is 1. The quantitative estimate of drug-likeness (QED) is 0.444. The van der Waals surface area contributed by atoms with Crippen LogP contribution in [0.4, 0.5) is 4.79 Å². The van der Waals surface area contributed by atoms with Gasteiger partial charge in [-0.15, -0.1) is 0 Å². The van der Waals surface area contributed by atoms with E-state index >= 15 is 0 Å². The van der Waals surface area contributed by atoms with E-state index in [9.17, 15) is 9.59 Å². The number of likely N-dealkylation sites (N-methyl/N-ethyl adjacent to an activating group) is 1. The average Bonchev–Trinajstić information content (AvgIpc) is 2.28. The SMILES string of the molecule is CCN(C)CCNC(=O)N[C@@H](CCO)C(=O)O. The molecule has 0 aliphatic heterocycles. The first-order valence-electron chi connectivity index (χ1n) is 5.57. The first-order chi connectivity index (χ1) is 8.01. The molecule has 2 amide bonds. The van der Waals surface area contributed by atoms with Crippen LogP contribution in [-0.4, -0.2) is 66.4 Å². The van der Waals surface area contributed by atoms with Gasteiger partial charge in [-0.1, -0.05) is 6.92 Å². The van der Waals surface area contributed by atoms with Crippen LogP contribution in [0.5, 0.6) is 0 Å². The van der Waals surface area contributed by atoms with Crippen LogP contribution in [0, 0.1) is 0 Å². The Balaban J connectivity index is 3.86. The van der Waals surface area contributed by atoms with Gasteiger partial charge in [-0.05, 0) is 13.6 Å². The predicted molar refractivity (Wildman–Crippen MR) is 62.8 cm³/mol. The van der Waals surface area contributed by atoms with Crippen molar-refractivity contribution in [3.63, 3.8) is 0 Å². The Bertz CT molecular complexity index is 248. The monoisotopic (exact) mass is 247 g/mol. The molecule has 0 aliphatic carbocycles. The van der Waals surface area contributed by atoms with Crippen molar-refractivity contribution in [2.75, 3.05) is 33.3 Å². The molecule has 0 fully saturated rings. The molecular weight excluding hydrogens is 226 g/mol. The average molecular weight is 247 g/mol. The molecule has 0 spiro atoms. The summed E-state index contributed by atoms with van der Waals surface area (Å²) in [5.41, 5.74) is 0. The van der Waals surface area contributed by atoms with Gasteiger partial charge in [-0.25, -0.2) is 9.59 Å². The molecule has 0 aromatic carbocycles. The molecule has 0 rings (SSSR count). The fourth-order valence-electron chi connectivity index (χ4n) is 1.11. The van der Waals surface area contributed by atoms with Crippen LogP contribution in [0.15, 0.2) is 0 Å². The predicted octanol–water partition coefficient (Wildman–Crippen LogP) is -0.927. The number of aliphatic hydroxyl groups excluding tert-OH is 1. The second-order valence-electron chi connectivity index (χ2n) is 3.70. The lowest BCUT2D eigenvalue weighted by Gasteiger charge is -2.16. The number of hydrogen-bond donors (Lipinski definition) is 4. The zero-order valence-electron chi connectivity index (χ0n) is 10.3. The number of carbonyl (C=O) groups is 2. The van der Waals surface area contributed by atoms with Crippen LogP contribution in [0.3, 0.4) is 0 Å². The summed E-state index contributed by atoms with van der Waals surface area (Å²) in [5.74, 6) is -1.15. The van der Waals surface area contributed by atoms with Crippen LogP contribution in [0.1, 0.15) is 13.3 Å². The van der Waals surface area contributed by atoms with Crippen molar-refractivity contribution in [2.24, 2.45) is 0 Å². The molecule has 17 heavy (non-hydrogen) atoms. The van der Waals surface area contributed by atoms with Gasteiger partial charge in [0.2, 0.25) is 0 Å². The largest absolute Gasteiger partial charge is 0.480 e. The molecule has 0 aromatic heterocycles. The van der Waals surface area contributed by atoms with Crippen molar-refractivity contribution < 1.29 is 19.8 Å². The van der Waals surface area contributed by atoms with Gasteiger partial charge in [0.05, 0.1) is 0 Å². The number of nitrogens with one attached hydrogen (secondary N) is 2. The number of urea groups is 1. The van der Waals surface area contributed by atoms with Crippen molar-refractivity contribution in [1.29, 1.82) is 0 Å². The number of aliphatic hydroxyl groups is 1. The highest BCUT2D eigenvalue weighted by molar-refractivity contribution is 5.82. The van der Waals surface area contributed by atoms with Crippen molar-refractivity contribution in [3.8, 4) is 0 Å². The third kappa shape index (κ3) is 7.53. The molecule has 0 saturated carbocycles. The summed E-state index contributed by atoms with van der Waals surface area (Å²) in [6.45, 7) is 3.74. The maximum Gasteiger partial charge on any atom is 0.326 e. The van der Waals surface area contributed by atoms with Gasteiger partial charge in [-0.2, -0.15) is 0 Å². The van der Waals surface area contributed by atoms with Crippen molar-refractivity contribution in [2.45, 2.75) is 19.4 Å². The Hall–Kier alpha value is -1.34. The Morgan fingerprint density at radius 3 is 2.53 bits per heavy atom. The molecule has 0 heterocycles. The summed E-state index contributed by atoms with van der Waals surface area (Å²) in [6, 6.07) is -1.58. The first-order valence-corrected chi connectivity index (χ1v) is 5.57. The standard InChI is InChI=1S/C10H21N3O4/c1-3-13(2)6-5-11-10(17)12-8(4-7-14)9(15)16/h8,14H,3-7H2,1-2H3,(H,15,16)(H2,11,12,17)/t8-/m0/s1. The van der Waals surface area contributed by atoms with Gasteiger partial charge < -0.3 is 25.7 Å². The summed E-state index contributed by atoms with van der Waals surface area (Å²) < 4.78 is 0. The normalized spacial score (nSPS) is 12.2. The van der Waals surface area contributed by atoms with Crippen LogP contribution < -0.4 is 10.6 Å². The van der Waals surface area contributed by atoms with E-state index in [1.54, 1.807) is 0 Å². The summed E-state index contributed by atoms with van der Waals surface area (Å²) in [6.07, 6.45) is -0.00236. The number of nitrogens with zero attached hydrogens (tertiary/aromatic N) is 1. The van der Waals surface area contributed by atoms with E-state index in [0.29, 0.717) is 13.1 Å². The van der Waals surface area contributed by atoms with Gasteiger partial charge in [0.1, 0.15) is 6.04 Å². The maximum absolute atomic E-state index is 11.3. The minimum Gasteiger partial charge on any atom is -0.480 e. The molecule has 0 saturated heterocycles. The second-order valence-corrected chi connectivity index (χ2v) is 3.70. The third-order valence-electron chi connectivity index (χ3n) is 2.34. The van der Waals surface area contributed by atoms with Crippen LogP contribution in [-0.2, 0) is 4.79 Å². The lowest BCUT2D eigenvalue weighted by atomic mass is 10.2.